The van der Waals surface area contributed by atoms with Crippen LogP contribution >= 0.6 is 0 Å². The molecule has 0 bridgehead atoms. The van der Waals surface area contributed by atoms with Crippen LogP contribution in [0.25, 0.3) is 0 Å². The number of aliphatic hydroxyl groups is 1. The van der Waals surface area contributed by atoms with Crippen LogP contribution in [-0.2, 0) is 0 Å². The number of hydrogen-bond acceptors (Lipinski definition) is 1. The average Bonchev–Trinajstić information content (AvgIpc) is 2.44. The molecule has 1 heteroatoms. The summed E-state index contributed by atoms with van der Waals surface area (Å²) in [5, 5.41) is 8.92. The Morgan fingerprint density at radius 1 is 0.789 bits per heavy atom. The summed E-state index contributed by atoms with van der Waals surface area (Å²) < 4.78 is 0. The van der Waals surface area contributed by atoms with Crippen molar-refractivity contribution in [2.24, 2.45) is 0 Å². The van der Waals surface area contributed by atoms with Crippen LogP contribution in [0.5, 0.6) is 0 Å². The van der Waals surface area contributed by atoms with Crippen LogP contribution in [0, 0.1) is 0 Å². The third-order valence-corrected chi connectivity index (χ3v) is 3.70. The quantitative estimate of drug-likeness (QED) is 0.511. The molecule has 0 spiro atoms. The molecule has 1 N–H and O–H groups in total. The summed E-state index contributed by atoms with van der Waals surface area (Å²) in [6, 6.07) is 0. The Balaban J connectivity index is 4.15. The molecule has 0 aromatic heterocycles. The molecule has 0 radical (unpaired) electrons. The van der Waals surface area contributed by atoms with Crippen molar-refractivity contribution in [3.63, 3.8) is 0 Å². The van der Waals surface area contributed by atoms with Gasteiger partial charge in [0.25, 0.3) is 0 Å². The predicted molar refractivity (Wildman–Crippen MR) is 86.3 cm³/mol. The molecule has 0 aliphatic carbocycles. The van der Waals surface area contributed by atoms with Gasteiger partial charge in [0.1, 0.15) is 0 Å². The van der Waals surface area contributed by atoms with Crippen molar-refractivity contribution in [2.45, 2.75) is 72.6 Å². The summed E-state index contributed by atoms with van der Waals surface area (Å²) in [5.74, 6) is 0. The smallest absolute Gasteiger partial charge is 0.0615 e. The maximum absolute atomic E-state index is 8.92. The van der Waals surface area contributed by atoms with E-state index in [4.69, 9.17) is 5.11 Å². The summed E-state index contributed by atoms with van der Waals surface area (Å²) >= 11 is 0. The molecule has 1 nitrogen and oxygen atoms in total. The van der Waals surface area contributed by atoms with Gasteiger partial charge in [0.2, 0.25) is 0 Å². The fraction of sp³-hybridized carbons (Fsp3) is 0.667. The number of allylic oxidation sites excluding steroid dienone is 5. The summed E-state index contributed by atoms with van der Waals surface area (Å²) in [6.07, 6.45) is 14.7. The second-order valence-corrected chi connectivity index (χ2v) is 5.10. The van der Waals surface area contributed by atoms with Crippen molar-refractivity contribution in [2.75, 3.05) is 6.61 Å². The molecule has 0 fully saturated rings. The maximum Gasteiger partial charge on any atom is 0.0615 e. The Morgan fingerprint density at radius 3 is 1.79 bits per heavy atom. The largest absolute Gasteiger partial charge is 0.392 e. The summed E-state index contributed by atoms with van der Waals surface area (Å²) in [6.45, 7) is 9.00. The zero-order valence-corrected chi connectivity index (χ0v) is 13.3. The van der Waals surface area contributed by atoms with Crippen molar-refractivity contribution in [1.29, 1.82) is 0 Å². The van der Waals surface area contributed by atoms with Crippen molar-refractivity contribution >= 4 is 0 Å². The maximum atomic E-state index is 8.92. The monoisotopic (exact) mass is 264 g/mol. The fourth-order valence-electron chi connectivity index (χ4n) is 2.09. The van der Waals surface area contributed by atoms with Crippen LogP contribution in [-0.4, -0.2) is 11.7 Å². The lowest BCUT2D eigenvalue weighted by Crippen LogP contribution is -1.87. The number of rotatable bonds is 10. The van der Waals surface area contributed by atoms with Gasteiger partial charge in [-0.3, -0.25) is 0 Å². The first-order valence-electron chi connectivity index (χ1n) is 7.80. The second kappa shape index (κ2) is 12.2. The minimum atomic E-state index is 0.175. The highest BCUT2D eigenvalue weighted by atomic mass is 16.2. The highest BCUT2D eigenvalue weighted by molar-refractivity contribution is 5.08. The van der Waals surface area contributed by atoms with E-state index >= 15 is 0 Å². The number of hydrogen-bond donors (Lipinski definition) is 1. The topological polar surface area (TPSA) is 20.2 Å². The standard InChI is InChI=1S/C18H32O/c1-5-16(4)10-8-11-17(6-2)12-9-13-18(7-3)14-15-19/h10,12,14,19H,5-9,11,13,15H2,1-4H3/b16-10?,17-12-,18-14+. The molecule has 0 aromatic carbocycles. The highest BCUT2D eigenvalue weighted by Crippen LogP contribution is 2.16. The normalized spacial score (nSPS) is 14.1. The van der Waals surface area contributed by atoms with Gasteiger partial charge in [-0.1, -0.05) is 55.7 Å². The Labute approximate surface area is 120 Å². The van der Waals surface area contributed by atoms with E-state index in [0.29, 0.717) is 0 Å². The van der Waals surface area contributed by atoms with Crippen LogP contribution in [0.4, 0.5) is 0 Å². The minimum absolute atomic E-state index is 0.175. The molecule has 0 unspecified atom stereocenters. The molecular formula is C18H32O. The molecule has 0 saturated heterocycles. The van der Waals surface area contributed by atoms with Crippen molar-refractivity contribution in [1.82, 2.24) is 0 Å². The molecule has 0 heterocycles. The molecule has 0 atom stereocenters. The van der Waals surface area contributed by atoms with Crippen molar-refractivity contribution in [3.05, 3.63) is 34.9 Å². The predicted octanol–water partition coefficient (Wildman–Crippen LogP) is 5.57. The van der Waals surface area contributed by atoms with Crippen molar-refractivity contribution < 1.29 is 5.11 Å². The van der Waals surface area contributed by atoms with Gasteiger partial charge in [-0.15, -0.1) is 0 Å². The van der Waals surface area contributed by atoms with E-state index in [1.54, 1.807) is 5.57 Å². The Morgan fingerprint density at radius 2 is 1.32 bits per heavy atom. The van der Waals surface area contributed by atoms with Crippen LogP contribution in [0.15, 0.2) is 34.9 Å². The van der Waals surface area contributed by atoms with Gasteiger partial charge in [0, 0.05) is 0 Å². The lowest BCUT2D eigenvalue weighted by Gasteiger charge is -2.05. The van der Waals surface area contributed by atoms with Crippen LogP contribution < -0.4 is 0 Å². The molecule has 19 heavy (non-hydrogen) atoms. The first-order valence-corrected chi connectivity index (χ1v) is 7.80. The minimum Gasteiger partial charge on any atom is -0.392 e. The molecule has 0 saturated carbocycles. The second-order valence-electron chi connectivity index (χ2n) is 5.10. The SMILES string of the molecule is CCC(C)=CCC/C(=C\CC/C(=C/CO)CC)CC. The summed E-state index contributed by atoms with van der Waals surface area (Å²) in [7, 11) is 0. The molecule has 0 aliphatic rings. The van der Waals surface area contributed by atoms with E-state index in [1.807, 2.05) is 6.08 Å². The first kappa shape index (κ1) is 18.2. The molecule has 0 rings (SSSR count). The third kappa shape index (κ3) is 9.72. The number of aliphatic hydroxyl groups excluding tert-OH is 1. The van der Waals surface area contributed by atoms with E-state index in [9.17, 15) is 0 Å². The summed E-state index contributed by atoms with van der Waals surface area (Å²) in [4.78, 5) is 0. The van der Waals surface area contributed by atoms with Crippen molar-refractivity contribution in [3.8, 4) is 0 Å². The molecule has 0 amide bonds. The lowest BCUT2D eigenvalue weighted by molar-refractivity contribution is 0.341. The zero-order valence-electron chi connectivity index (χ0n) is 13.3. The van der Waals surface area contributed by atoms with Gasteiger partial charge in [0.05, 0.1) is 6.61 Å². The molecule has 0 aromatic rings. The van der Waals surface area contributed by atoms with Gasteiger partial charge in [-0.25, -0.2) is 0 Å². The Bertz CT molecular complexity index is 308. The molecule has 110 valence electrons. The van der Waals surface area contributed by atoms with Gasteiger partial charge in [-0.2, -0.15) is 0 Å². The van der Waals surface area contributed by atoms with Crippen LogP contribution in [0.3, 0.4) is 0 Å². The van der Waals surface area contributed by atoms with Gasteiger partial charge >= 0.3 is 0 Å². The van der Waals surface area contributed by atoms with Gasteiger partial charge in [0.15, 0.2) is 0 Å². The zero-order chi connectivity index (χ0) is 14.5. The van der Waals surface area contributed by atoms with E-state index in [0.717, 1.165) is 32.1 Å². The molecular weight excluding hydrogens is 232 g/mol. The van der Waals surface area contributed by atoms with Crippen LogP contribution in [0.2, 0.25) is 0 Å². The van der Waals surface area contributed by atoms with E-state index < -0.39 is 0 Å². The van der Waals surface area contributed by atoms with Crippen LogP contribution in [0.1, 0.15) is 72.6 Å². The fourth-order valence-corrected chi connectivity index (χ4v) is 2.09. The lowest BCUT2D eigenvalue weighted by atomic mass is 10.0. The first-order chi connectivity index (χ1) is 9.17. The average molecular weight is 264 g/mol. The highest BCUT2D eigenvalue weighted by Gasteiger charge is 1.96. The molecule has 0 aliphatic heterocycles. The van der Waals surface area contributed by atoms with E-state index in [-0.39, 0.29) is 6.61 Å². The Kier molecular flexibility index (Phi) is 11.7. The van der Waals surface area contributed by atoms with Gasteiger partial charge < -0.3 is 5.11 Å². The van der Waals surface area contributed by atoms with E-state index in [2.05, 4.69) is 39.8 Å². The summed E-state index contributed by atoms with van der Waals surface area (Å²) in [5.41, 5.74) is 4.44. The Hall–Kier alpha value is -0.820. The van der Waals surface area contributed by atoms with Gasteiger partial charge in [-0.05, 0) is 51.9 Å². The third-order valence-electron chi connectivity index (χ3n) is 3.70. The van der Waals surface area contributed by atoms with E-state index in [1.165, 1.54) is 24.0 Å².